The van der Waals surface area contributed by atoms with E-state index in [-0.39, 0.29) is 5.82 Å². The van der Waals surface area contributed by atoms with Gasteiger partial charge in [-0.15, -0.1) is 0 Å². The topological polar surface area (TPSA) is 0 Å². The lowest BCUT2D eigenvalue weighted by Crippen LogP contribution is -1.82. The molecular formula is C14H16BrF. The Kier molecular flexibility index (Phi) is 6.18. The first kappa shape index (κ1) is 13.3. The number of rotatable bonds is 4. The van der Waals surface area contributed by atoms with Gasteiger partial charge < -0.3 is 0 Å². The van der Waals surface area contributed by atoms with Crippen LogP contribution < -0.4 is 0 Å². The van der Waals surface area contributed by atoms with Crippen LogP contribution in [0, 0.1) is 17.7 Å². The van der Waals surface area contributed by atoms with Crippen LogP contribution in [0.5, 0.6) is 0 Å². The first-order chi connectivity index (χ1) is 7.74. The highest BCUT2D eigenvalue weighted by molar-refractivity contribution is 9.10. The van der Waals surface area contributed by atoms with Crippen LogP contribution in [-0.2, 0) is 0 Å². The predicted molar refractivity (Wildman–Crippen MR) is 69.7 cm³/mol. The van der Waals surface area contributed by atoms with E-state index >= 15 is 0 Å². The number of halogens is 2. The van der Waals surface area contributed by atoms with E-state index in [0.29, 0.717) is 5.56 Å². The summed E-state index contributed by atoms with van der Waals surface area (Å²) >= 11 is 3.22. The van der Waals surface area contributed by atoms with E-state index in [1.807, 2.05) is 6.07 Å². The molecule has 0 bridgehead atoms. The van der Waals surface area contributed by atoms with Gasteiger partial charge in [0.15, 0.2) is 0 Å². The lowest BCUT2D eigenvalue weighted by atomic mass is 10.1. The summed E-state index contributed by atoms with van der Waals surface area (Å²) in [7, 11) is 0. The van der Waals surface area contributed by atoms with Crippen molar-refractivity contribution in [2.45, 2.75) is 39.0 Å². The molecular weight excluding hydrogens is 267 g/mol. The maximum absolute atomic E-state index is 13.3. The van der Waals surface area contributed by atoms with Crippen molar-refractivity contribution in [2.75, 3.05) is 0 Å². The van der Waals surface area contributed by atoms with E-state index in [2.05, 4.69) is 34.7 Å². The summed E-state index contributed by atoms with van der Waals surface area (Å²) in [5, 5.41) is 0. The zero-order chi connectivity index (χ0) is 11.8. The van der Waals surface area contributed by atoms with Crippen molar-refractivity contribution in [2.24, 2.45) is 0 Å². The molecule has 0 saturated heterocycles. The molecule has 0 aliphatic carbocycles. The average Bonchev–Trinajstić information content (AvgIpc) is 2.26. The number of benzene rings is 1. The molecule has 1 aromatic carbocycles. The summed E-state index contributed by atoms with van der Waals surface area (Å²) in [4.78, 5) is 0. The molecule has 0 aliphatic rings. The lowest BCUT2D eigenvalue weighted by molar-refractivity contribution is 0.623. The molecule has 2 heteroatoms. The Morgan fingerprint density at radius 3 is 2.75 bits per heavy atom. The van der Waals surface area contributed by atoms with E-state index in [1.54, 1.807) is 6.07 Å². The van der Waals surface area contributed by atoms with E-state index < -0.39 is 0 Å². The van der Waals surface area contributed by atoms with Crippen LogP contribution in [0.25, 0.3) is 0 Å². The van der Waals surface area contributed by atoms with Crippen LogP contribution in [0.1, 0.15) is 44.6 Å². The average molecular weight is 283 g/mol. The summed E-state index contributed by atoms with van der Waals surface area (Å²) in [5.74, 6) is 5.63. The summed E-state index contributed by atoms with van der Waals surface area (Å²) in [6, 6.07) is 4.96. The molecule has 0 fully saturated rings. The van der Waals surface area contributed by atoms with E-state index in [9.17, 15) is 4.39 Å². The van der Waals surface area contributed by atoms with Gasteiger partial charge in [0, 0.05) is 10.9 Å². The second kappa shape index (κ2) is 7.46. The molecule has 0 N–H and O–H groups in total. The molecule has 16 heavy (non-hydrogen) atoms. The second-order valence-electron chi connectivity index (χ2n) is 3.74. The second-order valence-corrected chi connectivity index (χ2v) is 4.65. The Bertz CT molecular complexity index is 387. The molecule has 0 unspecified atom stereocenters. The Labute approximate surface area is 105 Å². The van der Waals surface area contributed by atoms with Crippen molar-refractivity contribution in [3.8, 4) is 11.8 Å². The number of hydrogen-bond acceptors (Lipinski definition) is 0. The number of unbranched alkanes of at least 4 members (excludes halogenated alkanes) is 4. The van der Waals surface area contributed by atoms with E-state index in [0.717, 1.165) is 17.3 Å². The highest BCUT2D eigenvalue weighted by atomic mass is 79.9. The van der Waals surface area contributed by atoms with Crippen LogP contribution in [0.15, 0.2) is 22.7 Å². The molecule has 0 radical (unpaired) electrons. The van der Waals surface area contributed by atoms with Gasteiger partial charge in [0.1, 0.15) is 5.82 Å². The normalized spacial score (nSPS) is 9.69. The van der Waals surface area contributed by atoms with Gasteiger partial charge in [-0.1, -0.05) is 54.0 Å². The van der Waals surface area contributed by atoms with Crippen molar-refractivity contribution in [3.05, 3.63) is 34.1 Å². The fourth-order valence-electron chi connectivity index (χ4n) is 1.39. The van der Waals surface area contributed by atoms with Crippen molar-refractivity contribution in [3.63, 3.8) is 0 Å². The third kappa shape index (κ3) is 4.81. The Morgan fingerprint density at radius 2 is 2.06 bits per heavy atom. The first-order valence-corrected chi connectivity index (χ1v) is 6.47. The summed E-state index contributed by atoms with van der Waals surface area (Å²) in [6.07, 6.45) is 5.67. The lowest BCUT2D eigenvalue weighted by Gasteiger charge is -1.95. The minimum atomic E-state index is -0.254. The summed E-state index contributed by atoms with van der Waals surface area (Å²) in [6.45, 7) is 2.18. The van der Waals surface area contributed by atoms with Crippen LogP contribution in [0.4, 0.5) is 4.39 Å². The fourth-order valence-corrected chi connectivity index (χ4v) is 1.72. The minimum Gasteiger partial charge on any atom is -0.206 e. The minimum absolute atomic E-state index is 0.254. The molecule has 0 spiro atoms. The van der Waals surface area contributed by atoms with Crippen LogP contribution in [-0.4, -0.2) is 0 Å². The van der Waals surface area contributed by atoms with Gasteiger partial charge in [0.05, 0.1) is 5.56 Å². The molecule has 1 rings (SSSR count). The maximum atomic E-state index is 13.3. The largest absolute Gasteiger partial charge is 0.206 e. The maximum Gasteiger partial charge on any atom is 0.139 e. The molecule has 0 amide bonds. The third-order valence-electron chi connectivity index (χ3n) is 2.31. The molecule has 0 saturated carbocycles. The number of hydrogen-bond donors (Lipinski definition) is 0. The molecule has 0 heterocycles. The van der Waals surface area contributed by atoms with Gasteiger partial charge in [-0.2, -0.15) is 0 Å². The fraction of sp³-hybridized carbons (Fsp3) is 0.429. The highest BCUT2D eigenvalue weighted by Crippen LogP contribution is 2.14. The molecule has 86 valence electrons. The van der Waals surface area contributed by atoms with E-state index in [1.165, 1.54) is 25.3 Å². The summed E-state index contributed by atoms with van der Waals surface area (Å²) in [5.41, 5.74) is 0.485. The van der Waals surface area contributed by atoms with Crippen LogP contribution in [0.2, 0.25) is 0 Å². The molecule has 1 aromatic rings. The Hall–Kier alpha value is -0.810. The molecule has 0 aromatic heterocycles. The molecule has 0 aliphatic heterocycles. The SMILES string of the molecule is CCCCCCC#Cc1ccc(Br)cc1F. The highest BCUT2D eigenvalue weighted by Gasteiger charge is 1.98. The van der Waals surface area contributed by atoms with Gasteiger partial charge in [-0.05, 0) is 24.6 Å². The molecule has 0 nitrogen and oxygen atoms in total. The van der Waals surface area contributed by atoms with Gasteiger partial charge in [-0.3, -0.25) is 0 Å². The van der Waals surface area contributed by atoms with Crippen molar-refractivity contribution < 1.29 is 4.39 Å². The van der Waals surface area contributed by atoms with Gasteiger partial charge in [-0.25, -0.2) is 4.39 Å². The third-order valence-corrected chi connectivity index (χ3v) is 2.80. The van der Waals surface area contributed by atoms with Crippen molar-refractivity contribution >= 4 is 15.9 Å². The Morgan fingerprint density at radius 1 is 1.25 bits per heavy atom. The van der Waals surface area contributed by atoms with Gasteiger partial charge in [0.25, 0.3) is 0 Å². The Balaban J connectivity index is 2.44. The predicted octanol–water partition coefficient (Wildman–Crippen LogP) is 4.91. The standard InChI is InChI=1S/C14H16BrF/c1-2-3-4-5-6-7-8-12-9-10-13(15)11-14(12)16/h9-11H,2-6H2,1H3. The van der Waals surface area contributed by atoms with E-state index in [4.69, 9.17) is 0 Å². The van der Waals surface area contributed by atoms with Crippen molar-refractivity contribution in [1.29, 1.82) is 0 Å². The quantitative estimate of drug-likeness (QED) is 0.544. The molecule has 0 atom stereocenters. The van der Waals surface area contributed by atoms with Gasteiger partial charge in [0.2, 0.25) is 0 Å². The van der Waals surface area contributed by atoms with Crippen LogP contribution in [0.3, 0.4) is 0 Å². The van der Waals surface area contributed by atoms with Gasteiger partial charge >= 0.3 is 0 Å². The van der Waals surface area contributed by atoms with Crippen molar-refractivity contribution in [1.82, 2.24) is 0 Å². The zero-order valence-electron chi connectivity index (χ0n) is 9.52. The smallest absolute Gasteiger partial charge is 0.139 e. The monoisotopic (exact) mass is 282 g/mol. The summed E-state index contributed by atoms with van der Waals surface area (Å²) < 4.78 is 14.1. The van der Waals surface area contributed by atoms with Crippen LogP contribution >= 0.6 is 15.9 Å². The first-order valence-electron chi connectivity index (χ1n) is 5.68. The zero-order valence-corrected chi connectivity index (χ0v) is 11.1.